The van der Waals surface area contributed by atoms with Crippen molar-refractivity contribution in [1.29, 1.82) is 0 Å². The normalized spacial score (nSPS) is 16.9. The highest BCUT2D eigenvalue weighted by molar-refractivity contribution is 9.10. The maximum absolute atomic E-state index is 13.0. The fourth-order valence-corrected chi connectivity index (χ4v) is 8.61. The Bertz CT molecular complexity index is 2790. The van der Waals surface area contributed by atoms with Gasteiger partial charge in [0.25, 0.3) is 0 Å². The number of benzene rings is 4. The number of carbonyl (C=O) groups is 3. The van der Waals surface area contributed by atoms with Crippen LogP contribution in [0.5, 0.6) is 11.5 Å². The highest BCUT2D eigenvalue weighted by Crippen LogP contribution is 2.37. The van der Waals surface area contributed by atoms with Gasteiger partial charge in [-0.25, -0.2) is 14.4 Å². The second kappa shape index (κ2) is 23.0. The van der Waals surface area contributed by atoms with Gasteiger partial charge in [-0.1, -0.05) is 52.3 Å². The van der Waals surface area contributed by atoms with Crippen molar-refractivity contribution in [3.8, 4) is 22.6 Å². The third-order valence-electron chi connectivity index (χ3n) is 13.0. The van der Waals surface area contributed by atoms with Crippen LogP contribution >= 0.6 is 15.9 Å². The van der Waals surface area contributed by atoms with Crippen LogP contribution in [0.4, 0.5) is 25.8 Å². The number of aromatic amines is 1. The van der Waals surface area contributed by atoms with E-state index in [-0.39, 0.29) is 31.3 Å². The van der Waals surface area contributed by atoms with Gasteiger partial charge in [0.1, 0.15) is 17.1 Å². The molecule has 6 aromatic rings. The number of anilines is 2. The molecule has 2 atom stereocenters. The molecular formula is C53H64BBrN8O10. The van der Waals surface area contributed by atoms with E-state index in [1.807, 2.05) is 152 Å². The summed E-state index contributed by atoms with van der Waals surface area (Å²) in [6, 6.07) is 29.4. The minimum absolute atomic E-state index is 0.0980. The van der Waals surface area contributed by atoms with Crippen LogP contribution in [-0.2, 0) is 14.0 Å². The second-order valence-corrected chi connectivity index (χ2v) is 20.4. The summed E-state index contributed by atoms with van der Waals surface area (Å²) in [7, 11) is 2.66. The molecule has 73 heavy (non-hydrogen) atoms. The number of nitrogens with zero attached hydrogens (tertiary/aromatic N) is 7. The minimum atomic E-state index is -0.562. The molecule has 4 aromatic carbocycles. The number of aliphatic hydroxyl groups excluding tert-OH is 2. The van der Waals surface area contributed by atoms with E-state index < -0.39 is 36.1 Å². The van der Waals surface area contributed by atoms with Gasteiger partial charge in [-0.3, -0.25) is 14.9 Å². The van der Waals surface area contributed by atoms with Crippen LogP contribution in [0.3, 0.4) is 0 Å². The molecule has 0 bridgehead atoms. The summed E-state index contributed by atoms with van der Waals surface area (Å²) in [6.45, 7) is 15.3. The molecule has 4 amide bonds. The summed E-state index contributed by atoms with van der Waals surface area (Å²) in [5.74, 6) is 1.41. The first kappa shape index (κ1) is 54.1. The van der Waals surface area contributed by atoms with Crippen molar-refractivity contribution in [3.63, 3.8) is 0 Å². The molecule has 20 heteroatoms. The second-order valence-electron chi connectivity index (χ2n) is 19.5. The smallest absolute Gasteiger partial charge is 0.497 e. The topological polar surface area (TPSA) is 197 Å². The lowest BCUT2D eigenvalue weighted by molar-refractivity contribution is 0.00578. The van der Waals surface area contributed by atoms with Crippen LogP contribution in [0.15, 0.2) is 126 Å². The fourth-order valence-electron chi connectivity index (χ4n) is 8.34. The Balaban J connectivity index is 0.000000162. The molecule has 386 valence electrons. The number of nitrogens with one attached hydrogen (secondary N) is 1. The molecule has 2 unspecified atom stereocenters. The quantitative estimate of drug-likeness (QED) is 0.0991. The molecule has 3 saturated heterocycles. The number of urea groups is 2. The van der Waals surface area contributed by atoms with Gasteiger partial charge < -0.3 is 43.5 Å². The fraction of sp³-hybridized carbons (Fsp3) is 0.377. The van der Waals surface area contributed by atoms with Crippen LogP contribution in [0, 0.1) is 0 Å². The number of aromatic nitrogens is 4. The van der Waals surface area contributed by atoms with Crippen LogP contribution in [0.1, 0.15) is 71.7 Å². The zero-order valence-corrected chi connectivity index (χ0v) is 44.3. The van der Waals surface area contributed by atoms with Gasteiger partial charge in [-0.05, 0) is 126 Å². The van der Waals surface area contributed by atoms with Crippen molar-refractivity contribution in [3.05, 3.63) is 137 Å². The molecule has 3 aliphatic rings. The Morgan fingerprint density at radius 1 is 0.740 bits per heavy atom. The number of rotatable bonds is 12. The Morgan fingerprint density at radius 2 is 1.23 bits per heavy atom. The van der Waals surface area contributed by atoms with E-state index in [9.17, 15) is 24.6 Å². The number of methoxy groups -OCH3 is 2. The zero-order chi connectivity index (χ0) is 52.7. The van der Waals surface area contributed by atoms with Gasteiger partial charge in [0, 0.05) is 71.6 Å². The molecule has 0 radical (unpaired) electrons. The van der Waals surface area contributed by atoms with Crippen LogP contribution in [0.2, 0.25) is 0 Å². The van der Waals surface area contributed by atoms with Crippen molar-refractivity contribution >= 4 is 58.0 Å². The number of hydrogen-bond acceptors (Lipinski definition) is 12. The van der Waals surface area contributed by atoms with Gasteiger partial charge >= 0.3 is 25.3 Å². The lowest BCUT2D eigenvalue weighted by atomic mass is 9.82. The van der Waals surface area contributed by atoms with Crippen molar-refractivity contribution in [2.45, 2.75) is 77.4 Å². The highest BCUT2D eigenvalue weighted by Gasteiger charge is 2.52. The largest absolute Gasteiger partial charge is 0.498 e. The third kappa shape index (κ3) is 12.7. The maximum atomic E-state index is 13.0. The van der Waals surface area contributed by atoms with Gasteiger partial charge in [-0.2, -0.15) is 14.9 Å². The molecular weight excluding hydrogens is 999 g/mol. The molecule has 3 fully saturated rings. The van der Waals surface area contributed by atoms with Crippen LogP contribution in [0.25, 0.3) is 11.1 Å². The first-order valence-electron chi connectivity index (χ1n) is 23.9. The Kier molecular flexibility index (Phi) is 17.0. The number of carbonyl (C=O) groups excluding carboxylic acids is 3. The average Bonchev–Trinajstić information content (AvgIpc) is 4.23. The maximum Gasteiger partial charge on any atom is 0.498 e. The van der Waals surface area contributed by atoms with Crippen LogP contribution in [-0.4, -0.2) is 136 Å². The number of ether oxygens (including phenoxy) is 3. The minimum Gasteiger partial charge on any atom is -0.497 e. The molecule has 9 rings (SSSR count). The monoisotopic (exact) mass is 1060 g/mol. The van der Waals surface area contributed by atoms with E-state index in [2.05, 4.69) is 31.2 Å². The SMILES string of the molecule is CC(C)(C)OC(=O)n1cc(B2OC(C)(C)C(C)(C)O2)cn1.COc1cccc(C(CO)N2CCN(c3ccc(-c4cn[nH]c4)cc3)C2=O)c1.COc1cccc(C(CO)N2CCN(c3ccc(Br)cc3)C2=O)c1. The standard InChI is InChI=1S/C21H22N4O3.C18H19BrN2O3.C14H23BN2O4/c1-28-19-4-2-3-16(11-19)20(14-26)25-10-9-24(21(25)27)18-7-5-15(6-8-18)17-12-22-23-13-17;1-24-16-4-2-3-13(11-16)17(12-22)21-10-9-20(18(21)23)15-7-5-14(19)6-8-15;1-12(2,3)19-11(18)17-9-10(8-16-17)15-20-13(4,5)14(6,7)21-15/h2-8,11-13,20,26H,9-10,14H2,1H3,(H,22,23);2-8,11,17,22H,9-10,12H2,1H3;8-9H,1-7H3. The Hall–Kier alpha value is -6.71. The summed E-state index contributed by atoms with van der Waals surface area (Å²) in [5, 5.41) is 30.6. The lowest BCUT2D eigenvalue weighted by Gasteiger charge is -2.32. The number of H-pyrrole nitrogens is 1. The summed E-state index contributed by atoms with van der Waals surface area (Å²) in [6.07, 6.45) is 6.21. The summed E-state index contributed by atoms with van der Waals surface area (Å²) in [5.41, 5.74) is 4.72. The van der Waals surface area contributed by atoms with E-state index in [1.165, 1.54) is 0 Å². The molecule has 2 aromatic heterocycles. The molecule has 5 heterocycles. The van der Waals surface area contributed by atoms with E-state index in [0.29, 0.717) is 43.1 Å². The summed E-state index contributed by atoms with van der Waals surface area (Å²) >= 11 is 3.40. The van der Waals surface area contributed by atoms with Crippen molar-refractivity contribution in [2.75, 3.05) is 63.4 Å². The van der Waals surface area contributed by atoms with Crippen molar-refractivity contribution < 1.29 is 48.1 Å². The molecule has 3 N–H and O–H groups in total. The van der Waals surface area contributed by atoms with Gasteiger partial charge in [0.15, 0.2) is 0 Å². The zero-order valence-electron chi connectivity index (χ0n) is 42.7. The average molecular weight is 1060 g/mol. The molecule has 0 saturated carbocycles. The van der Waals surface area contributed by atoms with Crippen LogP contribution < -0.4 is 24.7 Å². The number of hydrogen-bond donors (Lipinski definition) is 3. The molecule has 18 nitrogen and oxygen atoms in total. The molecule has 0 aliphatic carbocycles. The van der Waals surface area contributed by atoms with E-state index in [1.54, 1.807) is 52.4 Å². The number of halogens is 1. The van der Waals surface area contributed by atoms with E-state index in [4.69, 9.17) is 23.5 Å². The highest BCUT2D eigenvalue weighted by atomic mass is 79.9. The van der Waals surface area contributed by atoms with Crippen molar-refractivity contribution in [1.82, 2.24) is 29.8 Å². The van der Waals surface area contributed by atoms with Gasteiger partial charge in [0.05, 0.1) is 56.9 Å². The van der Waals surface area contributed by atoms with Gasteiger partial charge in [0.2, 0.25) is 0 Å². The molecule has 3 aliphatic heterocycles. The number of aliphatic hydroxyl groups is 2. The van der Waals surface area contributed by atoms with Gasteiger partial charge in [-0.15, -0.1) is 0 Å². The first-order chi connectivity index (χ1) is 34.8. The molecule has 0 spiro atoms. The Morgan fingerprint density at radius 3 is 1.67 bits per heavy atom. The number of amides is 4. The lowest BCUT2D eigenvalue weighted by Crippen LogP contribution is -2.41. The third-order valence-corrected chi connectivity index (χ3v) is 13.5. The first-order valence-corrected chi connectivity index (χ1v) is 24.7. The van der Waals surface area contributed by atoms with E-state index in [0.717, 1.165) is 42.8 Å². The predicted octanol–water partition coefficient (Wildman–Crippen LogP) is 8.46. The van der Waals surface area contributed by atoms with E-state index >= 15 is 0 Å². The van der Waals surface area contributed by atoms with Crippen molar-refractivity contribution in [2.24, 2.45) is 0 Å². The summed E-state index contributed by atoms with van der Waals surface area (Å²) < 4.78 is 29.7. The Labute approximate surface area is 435 Å². The summed E-state index contributed by atoms with van der Waals surface area (Å²) in [4.78, 5) is 44.7. The predicted molar refractivity (Wildman–Crippen MR) is 282 cm³/mol.